The van der Waals surface area contributed by atoms with Gasteiger partial charge >= 0.3 is 6.09 Å². The first-order chi connectivity index (χ1) is 12.0. The Labute approximate surface area is 154 Å². The highest BCUT2D eigenvalue weighted by Gasteiger charge is 2.51. The molecular weight excluding hydrogens is 342 g/mol. The van der Waals surface area contributed by atoms with Crippen molar-refractivity contribution < 1.29 is 34.0 Å². The molecule has 26 heavy (non-hydrogen) atoms. The average molecular weight is 373 g/mol. The van der Waals surface area contributed by atoms with Crippen molar-refractivity contribution in [3.8, 4) is 0 Å². The first-order valence-corrected chi connectivity index (χ1v) is 8.82. The topological polar surface area (TPSA) is 97.7 Å². The molecule has 0 aromatic carbocycles. The van der Waals surface area contributed by atoms with Gasteiger partial charge in [0.05, 0.1) is 25.4 Å². The molecule has 0 aromatic heterocycles. The van der Waals surface area contributed by atoms with E-state index < -0.39 is 42.0 Å². The number of carbonyl (C=O) groups is 1. The number of aliphatic hydroxyl groups is 2. The molecule has 0 spiro atoms. The van der Waals surface area contributed by atoms with E-state index in [2.05, 4.69) is 0 Å². The zero-order chi connectivity index (χ0) is 19.7. The summed E-state index contributed by atoms with van der Waals surface area (Å²) in [5.74, 6) is 0. The van der Waals surface area contributed by atoms with E-state index in [1.165, 1.54) is 7.11 Å². The average Bonchev–Trinajstić information content (AvgIpc) is 2.83. The van der Waals surface area contributed by atoms with E-state index in [4.69, 9.17) is 18.9 Å². The summed E-state index contributed by atoms with van der Waals surface area (Å²) in [4.78, 5) is 14.3. The van der Waals surface area contributed by atoms with Gasteiger partial charge in [-0.1, -0.05) is 6.08 Å². The lowest BCUT2D eigenvalue weighted by molar-refractivity contribution is -0.221. The van der Waals surface area contributed by atoms with Crippen LogP contribution < -0.4 is 0 Å². The largest absolute Gasteiger partial charge is 0.444 e. The molecule has 2 fully saturated rings. The number of ether oxygens (including phenoxy) is 4. The van der Waals surface area contributed by atoms with E-state index in [9.17, 15) is 15.0 Å². The Bertz CT molecular complexity index is 540. The molecule has 0 aliphatic carbocycles. The highest BCUT2D eigenvalue weighted by molar-refractivity contribution is 5.70. The Morgan fingerprint density at radius 1 is 1.42 bits per heavy atom. The summed E-state index contributed by atoms with van der Waals surface area (Å²) < 4.78 is 22.5. The molecule has 0 bridgehead atoms. The molecule has 0 unspecified atom stereocenters. The molecule has 0 saturated carbocycles. The minimum Gasteiger partial charge on any atom is -0.444 e. The van der Waals surface area contributed by atoms with Gasteiger partial charge in [0, 0.05) is 7.11 Å². The van der Waals surface area contributed by atoms with Gasteiger partial charge in [0.25, 0.3) is 0 Å². The second-order valence-corrected chi connectivity index (χ2v) is 8.06. The van der Waals surface area contributed by atoms with Crippen molar-refractivity contribution in [2.45, 2.75) is 76.9 Å². The third kappa shape index (κ3) is 4.55. The molecule has 2 N–H and O–H groups in total. The maximum absolute atomic E-state index is 12.8. The molecular formula is C18H31NO7. The number of rotatable bonds is 3. The number of nitrogens with zero attached hydrogens (tertiary/aromatic N) is 1. The summed E-state index contributed by atoms with van der Waals surface area (Å²) in [6.45, 7) is 9.09. The second kappa shape index (κ2) is 7.82. The Morgan fingerprint density at radius 3 is 2.62 bits per heavy atom. The van der Waals surface area contributed by atoms with Crippen LogP contribution in [-0.2, 0) is 18.9 Å². The van der Waals surface area contributed by atoms with Crippen LogP contribution in [0.2, 0.25) is 0 Å². The summed E-state index contributed by atoms with van der Waals surface area (Å²) in [5.41, 5.74) is -0.874. The monoisotopic (exact) mass is 373 g/mol. The molecule has 2 saturated heterocycles. The lowest BCUT2D eigenvalue weighted by Crippen LogP contribution is -2.56. The van der Waals surface area contributed by atoms with Gasteiger partial charge in [-0.2, -0.15) is 0 Å². The Balaban J connectivity index is 2.26. The number of hydrogen-bond acceptors (Lipinski definition) is 7. The van der Waals surface area contributed by atoms with E-state index in [1.807, 2.05) is 0 Å². The lowest BCUT2D eigenvalue weighted by atomic mass is 9.93. The molecule has 2 rings (SSSR count). The van der Waals surface area contributed by atoms with Crippen LogP contribution in [-0.4, -0.2) is 77.4 Å². The van der Waals surface area contributed by atoms with Gasteiger partial charge in [0.1, 0.15) is 17.4 Å². The molecule has 4 atom stereocenters. The van der Waals surface area contributed by atoms with Gasteiger partial charge in [-0.3, -0.25) is 4.90 Å². The van der Waals surface area contributed by atoms with Crippen molar-refractivity contribution in [3.05, 3.63) is 11.6 Å². The summed E-state index contributed by atoms with van der Waals surface area (Å²) in [5, 5.41) is 19.5. The smallest absolute Gasteiger partial charge is 0.412 e. The van der Waals surface area contributed by atoms with Crippen molar-refractivity contribution in [2.75, 3.05) is 20.3 Å². The minimum absolute atomic E-state index is 0.196. The van der Waals surface area contributed by atoms with Crippen LogP contribution in [0.4, 0.5) is 4.79 Å². The van der Waals surface area contributed by atoms with Crippen LogP contribution in [0.15, 0.2) is 11.6 Å². The van der Waals surface area contributed by atoms with E-state index in [0.29, 0.717) is 12.0 Å². The van der Waals surface area contributed by atoms with Gasteiger partial charge in [0.15, 0.2) is 6.29 Å². The van der Waals surface area contributed by atoms with Crippen molar-refractivity contribution in [2.24, 2.45) is 0 Å². The summed E-state index contributed by atoms with van der Waals surface area (Å²) >= 11 is 0. The van der Waals surface area contributed by atoms with Gasteiger partial charge in [-0.05, 0) is 46.6 Å². The van der Waals surface area contributed by atoms with Gasteiger partial charge in [0.2, 0.25) is 0 Å². The fourth-order valence-corrected chi connectivity index (χ4v) is 3.33. The van der Waals surface area contributed by atoms with Gasteiger partial charge in [-0.15, -0.1) is 0 Å². The predicted octanol–water partition coefficient (Wildman–Crippen LogP) is 1.40. The van der Waals surface area contributed by atoms with Crippen LogP contribution in [0.1, 0.15) is 41.0 Å². The SMILES string of the molecule is CO[C@H]1O[C@H]([C@@H]2COC(C)(C)N2C(=O)OC(C)(C)C)C/C(=C\CO)[C@H]1O. The third-order valence-electron chi connectivity index (χ3n) is 4.51. The molecule has 8 heteroatoms. The quantitative estimate of drug-likeness (QED) is 0.722. The van der Waals surface area contributed by atoms with Gasteiger partial charge in [-0.25, -0.2) is 4.79 Å². The van der Waals surface area contributed by atoms with E-state index >= 15 is 0 Å². The molecule has 0 radical (unpaired) electrons. The number of methoxy groups -OCH3 is 1. The van der Waals surface area contributed by atoms with Crippen molar-refractivity contribution in [3.63, 3.8) is 0 Å². The van der Waals surface area contributed by atoms with E-state index in [1.54, 1.807) is 45.6 Å². The first-order valence-electron chi connectivity index (χ1n) is 8.82. The predicted molar refractivity (Wildman–Crippen MR) is 93.4 cm³/mol. The van der Waals surface area contributed by atoms with Crippen LogP contribution in [0.25, 0.3) is 0 Å². The number of hydrogen-bond donors (Lipinski definition) is 2. The van der Waals surface area contributed by atoms with Crippen molar-refractivity contribution in [1.82, 2.24) is 4.90 Å². The zero-order valence-corrected chi connectivity index (χ0v) is 16.4. The molecule has 1 amide bonds. The molecule has 2 heterocycles. The van der Waals surface area contributed by atoms with Crippen LogP contribution >= 0.6 is 0 Å². The van der Waals surface area contributed by atoms with Crippen molar-refractivity contribution >= 4 is 6.09 Å². The van der Waals surface area contributed by atoms with Crippen LogP contribution in [0.5, 0.6) is 0 Å². The number of carbonyl (C=O) groups excluding carboxylic acids is 1. The highest BCUT2D eigenvalue weighted by atomic mass is 16.7. The van der Waals surface area contributed by atoms with Gasteiger partial charge < -0.3 is 29.2 Å². The summed E-state index contributed by atoms with van der Waals surface area (Å²) in [6.07, 6.45) is -0.892. The molecule has 150 valence electrons. The summed E-state index contributed by atoms with van der Waals surface area (Å²) in [7, 11) is 1.44. The maximum atomic E-state index is 12.8. The maximum Gasteiger partial charge on any atom is 0.412 e. The lowest BCUT2D eigenvalue weighted by Gasteiger charge is -2.41. The first kappa shape index (κ1) is 21.1. The fourth-order valence-electron chi connectivity index (χ4n) is 3.33. The zero-order valence-electron chi connectivity index (χ0n) is 16.4. The molecule has 8 nitrogen and oxygen atoms in total. The number of amides is 1. The van der Waals surface area contributed by atoms with E-state index in [-0.39, 0.29) is 13.2 Å². The highest BCUT2D eigenvalue weighted by Crippen LogP contribution is 2.36. The number of aliphatic hydroxyl groups excluding tert-OH is 2. The second-order valence-electron chi connectivity index (χ2n) is 8.06. The van der Waals surface area contributed by atoms with E-state index in [0.717, 1.165) is 0 Å². The Kier molecular flexibility index (Phi) is 6.35. The third-order valence-corrected chi connectivity index (χ3v) is 4.51. The van der Waals surface area contributed by atoms with Crippen molar-refractivity contribution in [1.29, 1.82) is 0 Å². The Hall–Kier alpha value is -1.19. The summed E-state index contributed by atoms with van der Waals surface area (Å²) in [6, 6.07) is -0.410. The normalized spacial score (nSPS) is 33.5. The minimum atomic E-state index is -0.964. The van der Waals surface area contributed by atoms with Crippen LogP contribution in [0, 0.1) is 0 Å². The molecule has 2 aliphatic heterocycles. The standard InChI is InChI=1S/C18H31NO7/c1-17(2,3)26-16(22)19-12(10-24-18(19,4)5)13-9-11(7-8-20)14(21)15(23-6)25-13/h7,12-15,20-21H,8-10H2,1-6H3/b11-7+/t12-,13-,14+,15-/m0/s1. The van der Waals surface area contributed by atoms with Crippen LogP contribution in [0.3, 0.4) is 0 Å². The Morgan fingerprint density at radius 2 is 2.08 bits per heavy atom. The molecule has 0 aromatic rings. The fraction of sp³-hybridized carbons (Fsp3) is 0.833. The molecule has 2 aliphatic rings.